The third-order valence-corrected chi connectivity index (χ3v) is 8.92. The van der Waals surface area contributed by atoms with Gasteiger partial charge in [0, 0.05) is 43.1 Å². The molecule has 0 bridgehead atoms. The molecule has 1 aliphatic heterocycles. The Morgan fingerprint density at radius 1 is 1.12 bits per heavy atom. The number of nitrogens with zero attached hydrogens (tertiary/aromatic N) is 3. The fraction of sp³-hybridized carbons (Fsp3) is 0.364. The molecule has 3 aliphatic rings. The minimum Gasteiger partial charge on any atom is -0.405 e. The first-order valence-electron chi connectivity index (χ1n) is 18.0. The highest BCUT2D eigenvalue weighted by molar-refractivity contribution is 6.02. The molecule has 1 saturated carbocycles. The highest BCUT2D eigenvalue weighted by atomic mass is 15.2. The lowest BCUT2D eigenvalue weighted by molar-refractivity contribution is 0.298. The van der Waals surface area contributed by atoms with Crippen molar-refractivity contribution in [3.8, 4) is 0 Å². The number of pyridine rings is 1. The minimum atomic E-state index is 0.0432. The zero-order valence-electron chi connectivity index (χ0n) is 31.2. The van der Waals surface area contributed by atoms with Crippen LogP contribution in [0.15, 0.2) is 145 Å². The maximum absolute atomic E-state index is 5.89. The third kappa shape index (κ3) is 13.4. The number of hydrogen-bond acceptors (Lipinski definition) is 6. The van der Waals surface area contributed by atoms with E-state index in [0.29, 0.717) is 5.92 Å². The number of aliphatic imine (C=N–C) groups is 1. The average molecular weight is 675 g/mol. The molecule has 1 atom stereocenters. The standard InChI is InChI=1S/C26H30N2.C12H19N3.C4H9N.C2H4/c1-3-28-20(2)25(19-27-26(28)24-12-8-5-9-13-24)23-16-14-22(15-17-23)18-21-10-6-4-7-11-21;1-9(7-14-3)6-11-8-15-5-4-12(11)10(2)13;1-2-3-4-5;1-2/h3-8,10-12,19,22-23H,1-2,9,13-18H2;4-6,8,10,14H,7,13H2,1-3H3;3-4H,2,5H2,1H3;1-2H2/b;9-6+;4-3-;. The number of allylic oxidation sites excluding steroid dienone is 5. The molecule has 2 aromatic rings. The van der Waals surface area contributed by atoms with Crippen LogP contribution in [0.25, 0.3) is 6.08 Å². The molecule has 5 N–H and O–H groups in total. The molecule has 5 rings (SSSR count). The highest BCUT2D eigenvalue weighted by Gasteiger charge is 2.30. The predicted octanol–water partition coefficient (Wildman–Crippen LogP) is 9.96. The van der Waals surface area contributed by atoms with Crippen LogP contribution in [0.2, 0.25) is 0 Å². The van der Waals surface area contributed by atoms with Gasteiger partial charge in [0.25, 0.3) is 0 Å². The van der Waals surface area contributed by atoms with Gasteiger partial charge in [-0.05, 0) is 124 Å². The van der Waals surface area contributed by atoms with Crippen LogP contribution in [-0.2, 0) is 6.42 Å². The fourth-order valence-corrected chi connectivity index (χ4v) is 6.41. The van der Waals surface area contributed by atoms with Crippen molar-refractivity contribution in [2.24, 2.45) is 28.3 Å². The van der Waals surface area contributed by atoms with Gasteiger partial charge < -0.3 is 21.7 Å². The van der Waals surface area contributed by atoms with Gasteiger partial charge >= 0.3 is 0 Å². The summed E-state index contributed by atoms with van der Waals surface area (Å²) < 4.78 is 0. The summed E-state index contributed by atoms with van der Waals surface area (Å²) in [7, 11) is 1.94. The number of rotatable bonds is 10. The number of benzene rings is 1. The first kappa shape index (κ1) is 41.7. The fourth-order valence-electron chi connectivity index (χ4n) is 6.41. The highest BCUT2D eigenvalue weighted by Crippen LogP contribution is 2.39. The van der Waals surface area contributed by atoms with Crippen LogP contribution in [0.1, 0.15) is 88.4 Å². The predicted molar refractivity (Wildman–Crippen MR) is 218 cm³/mol. The number of hydrogen-bond donors (Lipinski definition) is 3. The van der Waals surface area contributed by atoms with E-state index in [4.69, 9.17) is 16.5 Å². The molecule has 1 aromatic heterocycles. The zero-order valence-corrected chi connectivity index (χ0v) is 31.2. The zero-order chi connectivity index (χ0) is 36.7. The summed E-state index contributed by atoms with van der Waals surface area (Å²) in [6.07, 6.45) is 29.0. The quantitative estimate of drug-likeness (QED) is 0.218. The lowest BCUT2D eigenvalue weighted by Gasteiger charge is -2.36. The van der Waals surface area contributed by atoms with E-state index in [2.05, 4.69) is 109 Å². The Bertz CT molecular complexity index is 1500. The molecule has 0 amide bonds. The summed E-state index contributed by atoms with van der Waals surface area (Å²) in [5.74, 6) is 2.35. The molecule has 50 heavy (non-hydrogen) atoms. The van der Waals surface area contributed by atoms with Gasteiger partial charge in [-0.25, -0.2) is 4.99 Å². The van der Waals surface area contributed by atoms with E-state index in [1.54, 1.807) is 12.4 Å². The maximum Gasteiger partial charge on any atom is 0.140 e. The first-order chi connectivity index (χ1) is 24.3. The molecule has 6 nitrogen and oxygen atoms in total. The molecule has 6 heteroatoms. The van der Waals surface area contributed by atoms with E-state index >= 15 is 0 Å². The molecule has 0 saturated heterocycles. The molecule has 0 radical (unpaired) electrons. The summed E-state index contributed by atoms with van der Waals surface area (Å²) in [4.78, 5) is 11.1. The normalized spacial score (nSPS) is 19.3. The summed E-state index contributed by atoms with van der Waals surface area (Å²) >= 11 is 0. The Morgan fingerprint density at radius 3 is 2.40 bits per heavy atom. The Hall–Kier alpha value is -4.52. The Morgan fingerprint density at radius 2 is 1.84 bits per heavy atom. The van der Waals surface area contributed by atoms with Crippen LogP contribution in [0.4, 0.5) is 0 Å². The van der Waals surface area contributed by atoms with Crippen LogP contribution in [0, 0.1) is 11.8 Å². The van der Waals surface area contributed by atoms with Crippen molar-refractivity contribution in [2.75, 3.05) is 13.6 Å². The van der Waals surface area contributed by atoms with Gasteiger partial charge in [-0.2, -0.15) is 0 Å². The van der Waals surface area contributed by atoms with E-state index in [1.165, 1.54) is 54.4 Å². The van der Waals surface area contributed by atoms with Gasteiger partial charge in [0.05, 0.1) is 0 Å². The van der Waals surface area contributed by atoms with Crippen molar-refractivity contribution in [3.63, 3.8) is 0 Å². The van der Waals surface area contributed by atoms with Crippen LogP contribution in [-0.4, -0.2) is 29.3 Å². The van der Waals surface area contributed by atoms with Gasteiger partial charge in [0.15, 0.2) is 0 Å². The molecular formula is C44H62N6. The van der Waals surface area contributed by atoms with Gasteiger partial charge in [0.2, 0.25) is 0 Å². The van der Waals surface area contributed by atoms with E-state index in [9.17, 15) is 0 Å². The van der Waals surface area contributed by atoms with Gasteiger partial charge in [0.1, 0.15) is 5.84 Å². The Labute approximate surface area is 303 Å². The van der Waals surface area contributed by atoms with E-state index in [-0.39, 0.29) is 6.04 Å². The van der Waals surface area contributed by atoms with Gasteiger partial charge in [-0.15, -0.1) is 13.2 Å². The summed E-state index contributed by atoms with van der Waals surface area (Å²) in [6.45, 7) is 21.5. The molecule has 2 heterocycles. The van der Waals surface area contributed by atoms with Crippen LogP contribution >= 0.6 is 0 Å². The Balaban J connectivity index is 0.000000331. The second-order valence-corrected chi connectivity index (χ2v) is 12.8. The Kier molecular flexibility index (Phi) is 19.8. The van der Waals surface area contributed by atoms with E-state index < -0.39 is 0 Å². The molecule has 0 spiro atoms. The van der Waals surface area contributed by atoms with Crippen molar-refractivity contribution in [3.05, 3.63) is 157 Å². The molecule has 1 fully saturated rings. The summed E-state index contributed by atoms with van der Waals surface area (Å²) in [5.41, 5.74) is 19.5. The number of nitrogens with two attached hydrogens (primary N) is 2. The van der Waals surface area contributed by atoms with E-state index in [1.807, 2.05) is 45.4 Å². The lowest BCUT2D eigenvalue weighted by Crippen LogP contribution is -2.32. The second kappa shape index (κ2) is 23.8. The summed E-state index contributed by atoms with van der Waals surface area (Å²) in [5, 5.41) is 3.12. The molecule has 2 aliphatic carbocycles. The number of nitrogens with one attached hydrogen (secondary N) is 1. The molecule has 1 aromatic carbocycles. The SMILES string of the molecule is C=C.C=CN1C(=C)C(C2CCC(Cc3ccccc3)CC2)=CN=C1C1=CC=CCC1.CC/C=C\N.CNC/C(C)=C/c1cnccc1C(C)N. The third-order valence-electron chi connectivity index (χ3n) is 8.92. The minimum absolute atomic E-state index is 0.0432. The summed E-state index contributed by atoms with van der Waals surface area (Å²) in [6, 6.07) is 12.9. The van der Waals surface area contributed by atoms with Crippen LogP contribution < -0.4 is 16.8 Å². The van der Waals surface area contributed by atoms with Crippen LogP contribution in [0.3, 0.4) is 0 Å². The van der Waals surface area contributed by atoms with Crippen molar-refractivity contribution in [2.45, 2.75) is 78.2 Å². The van der Waals surface area contributed by atoms with Crippen molar-refractivity contribution in [1.82, 2.24) is 15.2 Å². The first-order valence-corrected chi connectivity index (χ1v) is 18.0. The monoisotopic (exact) mass is 675 g/mol. The van der Waals surface area contributed by atoms with Crippen molar-refractivity contribution in [1.29, 1.82) is 0 Å². The smallest absolute Gasteiger partial charge is 0.140 e. The number of likely N-dealkylation sites (N-methyl/N-ethyl adjacent to an activating group) is 1. The molecular weight excluding hydrogens is 613 g/mol. The topological polar surface area (TPSA) is 92.6 Å². The number of aromatic nitrogens is 1. The van der Waals surface area contributed by atoms with Gasteiger partial charge in [-0.1, -0.05) is 86.4 Å². The van der Waals surface area contributed by atoms with Gasteiger partial charge in [-0.3, -0.25) is 4.98 Å². The second-order valence-electron chi connectivity index (χ2n) is 12.8. The maximum atomic E-state index is 5.89. The number of amidine groups is 1. The average Bonchev–Trinajstić information content (AvgIpc) is 3.14. The van der Waals surface area contributed by atoms with Crippen molar-refractivity contribution < 1.29 is 0 Å². The lowest BCUT2D eigenvalue weighted by atomic mass is 9.75. The largest absolute Gasteiger partial charge is 0.405 e. The van der Waals surface area contributed by atoms with E-state index in [0.717, 1.165) is 54.4 Å². The molecule has 1 unspecified atom stereocenters. The molecule has 268 valence electrons. The van der Waals surface area contributed by atoms with Crippen molar-refractivity contribution >= 4 is 11.9 Å². The van der Waals surface area contributed by atoms with Crippen LogP contribution in [0.5, 0.6) is 0 Å².